The van der Waals surface area contributed by atoms with Gasteiger partial charge in [0.2, 0.25) is 11.8 Å². The molecule has 2 amide bonds. The van der Waals surface area contributed by atoms with Crippen molar-refractivity contribution in [3.8, 4) is 0 Å². The van der Waals surface area contributed by atoms with Crippen LogP contribution in [0.1, 0.15) is 35.4 Å². The van der Waals surface area contributed by atoms with Crippen LogP contribution in [-0.4, -0.2) is 35.7 Å². The number of rotatable bonds is 5. The maximum absolute atomic E-state index is 12.6. The van der Waals surface area contributed by atoms with Gasteiger partial charge in [0.05, 0.1) is 17.9 Å². The summed E-state index contributed by atoms with van der Waals surface area (Å²) >= 11 is 7.83. The average Bonchev–Trinajstić information content (AvgIpc) is 3.43. The number of hydrogen-bond donors (Lipinski definition) is 1. The Bertz CT molecular complexity index is 1090. The molecule has 0 saturated heterocycles. The molecule has 8 heteroatoms. The molecule has 4 rings (SSSR count). The number of hydrogen-bond acceptors (Lipinski definition) is 5. The predicted molar refractivity (Wildman–Crippen MR) is 122 cm³/mol. The van der Waals surface area contributed by atoms with E-state index in [-0.39, 0.29) is 11.9 Å². The molecule has 3 unspecified atom stereocenters. The third-order valence-corrected chi connectivity index (χ3v) is 6.92. The van der Waals surface area contributed by atoms with Crippen LogP contribution in [0.5, 0.6) is 0 Å². The number of primary amides is 1. The highest BCUT2D eigenvalue weighted by Crippen LogP contribution is 2.39. The molecule has 6 nitrogen and oxygen atoms in total. The van der Waals surface area contributed by atoms with E-state index in [4.69, 9.17) is 22.1 Å². The Morgan fingerprint density at radius 3 is 2.61 bits per heavy atom. The fraction of sp³-hybridized carbons (Fsp3) is 0.261. The number of nitrogens with two attached hydrogens (primary N) is 1. The van der Waals surface area contributed by atoms with Crippen LogP contribution in [0.25, 0.3) is 0 Å². The molecular weight excluding hydrogens is 434 g/mol. The number of benzene rings is 1. The topological polar surface area (TPSA) is 85.0 Å². The Balaban J connectivity index is 1.68. The summed E-state index contributed by atoms with van der Waals surface area (Å²) < 4.78 is 5.54. The summed E-state index contributed by atoms with van der Waals surface area (Å²) in [5.74, 6) is -0.650. The fourth-order valence-electron chi connectivity index (χ4n) is 4.16. The molecule has 2 aliphatic rings. The van der Waals surface area contributed by atoms with Crippen molar-refractivity contribution in [2.45, 2.75) is 30.9 Å². The zero-order valence-corrected chi connectivity index (χ0v) is 18.7. The van der Waals surface area contributed by atoms with E-state index in [0.29, 0.717) is 17.0 Å². The first-order valence-corrected chi connectivity index (χ1v) is 11.0. The molecule has 3 atom stereocenters. The predicted octanol–water partition coefficient (Wildman–Crippen LogP) is 3.88. The number of methoxy groups -OCH3 is 1. The summed E-state index contributed by atoms with van der Waals surface area (Å²) in [6.45, 7) is 1.52. The third kappa shape index (κ3) is 3.73. The Labute approximate surface area is 189 Å². The van der Waals surface area contributed by atoms with Gasteiger partial charge in [0.25, 0.3) is 0 Å². The highest BCUT2D eigenvalue weighted by molar-refractivity contribution is 7.10. The van der Waals surface area contributed by atoms with Gasteiger partial charge in [-0.15, -0.1) is 11.3 Å². The minimum absolute atomic E-state index is 0.102. The molecule has 1 aromatic carbocycles. The smallest absolute Gasteiger partial charge is 0.240 e. The highest BCUT2D eigenvalue weighted by Gasteiger charge is 2.45. The van der Waals surface area contributed by atoms with Crippen molar-refractivity contribution >= 4 is 40.5 Å². The van der Waals surface area contributed by atoms with Gasteiger partial charge in [-0.3, -0.25) is 9.59 Å². The number of carbonyl (C=O) groups is 2. The minimum atomic E-state index is -1.21. The lowest BCUT2D eigenvalue weighted by atomic mass is 9.72. The van der Waals surface area contributed by atoms with E-state index < -0.39 is 17.4 Å². The van der Waals surface area contributed by atoms with Gasteiger partial charge < -0.3 is 10.5 Å². The molecule has 1 aromatic heterocycles. The monoisotopic (exact) mass is 455 g/mol. The molecule has 1 aliphatic carbocycles. The molecule has 0 saturated carbocycles. The summed E-state index contributed by atoms with van der Waals surface area (Å²) in [7, 11) is 1.53. The zero-order chi connectivity index (χ0) is 22.2. The maximum Gasteiger partial charge on any atom is 0.240 e. The van der Waals surface area contributed by atoms with Gasteiger partial charge in [0, 0.05) is 30.4 Å². The molecule has 0 spiro atoms. The first-order valence-electron chi connectivity index (χ1n) is 9.77. The van der Waals surface area contributed by atoms with Crippen LogP contribution in [-0.2, 0) is 19.7 Å². The van der Waals surface area contributed by atoms with E-state index in [9.17, 15) is 9.59 Å². The van der Waals surface area contributed by atoms with Gasteiger partial charge in [-0.25, -0.2) is 5.01 Å². The van der Waals surface area contributed by atoms with E-state index in [1.165, 1.54) is 19.0 Å². The SMILES string of the molecule is COC1C=CC(Cl)=CC1(C(N)=O)c1ccc(C2=NN(C(C)=O)C(c3cccs3)C2)cc1. The summed E-state index contributed by atoms with van der Waals surface area (Å²) in [4.78, 5) is 25.8. The zero-order valence-electron chi connectivity index (χ0n) is 17.1. The number of halogens is 1. The van der Waals surface area contributed by atoms with Crippen LogP contribution in [0.15, 0.2) is 70.1 Å². The maximum atomic E-state index is 12.6. The van der Waals surface area contributed by atoms with Crippen molar-refractivity contribution in [2.24, 2.45) is 10.8 Å². The number of hydrazone groups is 1. The second-order valence-corrected chi connectivity index (χ2v) is 8.92. The molecule has 2 heterocycles. The molecule has 1 aliphatic heterocycles. The van der Waals surface area contributed by atoms with Crippen molar-refractivity contribution in [3.63, 3.8) is 0 Å². The van der Waals surface area contributed by atoms with Crippen molar-refractivity contribution in [1.29, 1.82) is 0 Å². The molecule has 2 aromatic rings. The Morgan fingerprint density at radius 1 is 1.29 bits per heavy atom. The number of thiophene rings is 1. The first-order chi connectivity index (χ1) is 14.9. The first kappa shape index (κ1) is 21.5. The number of amides is 2. The van der Waals surface area contributed by atoms with E-state index in [2.05, 4.69) is 5.10 Å². The minimum Gasteiger partial charge on any atom is -0.376 e. The van der Waals surface area contributed by atoms with Crippen LogP contribution < -0.4 is 5.73 Å². The second-order valence-electron chi connectivity index (χ2n) is 7.50. The van der Waals surface area contributed by atoms with E-state index >= 15 is 0 Å². The Hall–Kier alpha value is -2.74. The van der Waals surface area contributed by atoms with Gasteiger partial charge >= 0.3 is 0 Å². The molecule has 31 heavy (non-hydrogen) atoms. The van der Waals surface area contributed by atoms with E-state index in [1.54, 1.807) is 29.6 Å². The lowest BCUT2D eigenvalue weighted by Crippen LogP contribution is -2.50. The van der Waals surface area contributed by atoms with Gasteiger partial charge in [-0.2, -0.15) is 5.10 Å². The van der Waals surface area contributed by atoms with Gasteiger partial charge in [-0.05, 0) is 34.7 Å². The molecule has 160 valence electrons. The fourth-order valence-corrected chi connectivity index (χ4v) is 5.22. The van der Waals surface area contributed by atoms with Gasteiger partial charge in [0.1, 0.15) is 5.41 Å². The third-order valence-electron chi connectivity index (χ3n) is 5.71. The van der Waals surface area contributed by atoms with E-state index in [1.807, 2.05) is 41.8 Å². The van der Waals surface area contributed by atoms with Crippen LogP contribution >= 0.6 is 22.9 Å². The quantitative estimate of drug-likeness (QED) is 0.742. The molecular formula is C23H22ClN3O3S. The van der Waals surface area contributed by atoms with Crippen LogP contribution in [0.4, 0.5) is 0 Å². The lowest BCUT2D eigenvalue weighted by molar-refractivity contribution is -0.130. The number of nitrogens with zero attached hydrogens (tertiary/aromatic N) is 2. The Morgan fingerprint density at radius 2 is 2.03 bits per heavy atom. The lowest BCUT2D eigenvalue weighted by Gasteiger charge is -2.35. The van der Waals surface area contributed by atoms with Crippen LogP contribution in [0.3, 0.4) is 0 Å². The van der Waals surface area contributed by atoms with Crippen LogP contribution in [0.2, 0.25) is 0 Å². The largest absolute Gasteiger partial charge is 0.376 e. The summed E-state index contributed by atoms with van der Waals surface area (Å²) in [5.41, 5.74) is 6.99. The van der Waals surface area contributed by atoms with Gasteiger partial charge in [-0.1, -0.05) is 48.0 Å². The van der Waals surface area contributed by atoms with Crippen molar-refractivity contribution in [3.05, 3.63) is 81.0 Å². The summed E-state index contributed by atoms with van der Waals surface area (Å²) in [5, 5.41) is 8.53. The summed E-state index contributed by atoms with van der Waals surface area (Å²) in [6, 6.07) is 11.3. The second kappa shape index (κ2) is 8.42. The normalized spacial score (nSPS) is 25.3. The van der Waals surface area contributed by atoms with E-state index in [0.717, 1.165) is 16.2 Å². The summed E-state index contributed by atoms with van der Waals surface area (Å²) in [6.07, 6.45) is 5.11. The number of allylic oxidation sites excluding steroid dienone is 2. The average molecular weight is 456 g/mol. The number of ether oxygens (including phenoxy) is 1. The molecule has 2 N–H and O–H groups in total. The molecule has 0 fully saturated rings. The Kier molecular flexibility index (Phi) is 5.83. The van der Waals surface area contributed by atoms with Crippen molar-refractivity contribution in [1.82, 2.24) is 5.01 Å². The van der Waals surface area contributed by atoms with Crippen molar-refractivity contribution < 1.29 is 14.3 Å². The number of carbonyl (C=O) groups excluding carboxylic acids is 2. The standard InChI is InChI=1S/C23H22ClN3O3S/c1-14(28)27-19(20-4-3-11-31-20)12-18(26-27)15-5-7-16(8-6-15)23(22(25)29)13-17(24)9-10-21(23)30-2/h3-11,13,19,21H,12H2,1-2H3,(H2,25,29). The van der Waals surface area contributed by atoms with Gasteiger partial charge in [0.15, 0.2) is 0 Å². The molecule has 0 bridgehead atoms. The highest BCUT2D eigenvalue weighted by atomic mass is 35.5. The molecule has 0 radical (unpaired) electrons. The van der Waals surface area contributed by atoms with Crippen molar-refractivity contribution in [2.75, 3.05) is 7.11 Å². The van der Waals surface area contributed by atoms with Crippen LogP contribution in [0, 0.1) is 0 Å².